The highest BCUT2D eigenvalue weighted by Gasteiger charge is 2.26. The van der Waals surface area contributed by atoms with Crippen LogP contribution in [0.3, 0.4) is 0 Å². The van der Waals surface area contributed by atoms with Crippen molar-refractivity contribution in [2.45, 2.75) is 45.6 Å². The van der Waals surface area contributed by atoms with Crippen molar-refractivity contribution in [1.82, 2.24) is 19.5 Å². The highest BCUT2D eigenvalue weighted by atomic mass is 16.1. The molecule has 0 saturated heterocycles. The predicted molar refractivity (Wildman–Crippen MR) is 87.6 cm³/mol. The third kappa shape index (κ3) is 2.33. The van der Waals surface area contributed by atoms with Crippen molar-refractivity contribution in [2.75, 3.05) is 11.4 Å². The lowest BCUT2D eigenvalue weighted by atomic mass is 9.95. The summed E-state index contributed by atoms with van der Waals surface area (Å²) in [4.78, 5) is 28.4. The van der Waals surface area contributed by atoms with Crippen molar-refractivity contribution in [1.29, 1.82) is 0 Å². The van der Waals surface area contributed by atoms with E-state index in [4.69, 9.17) is 0 Å². The smallest absolute Gasteiger partial charge is 0.258 e. The molecule has 1 aliphatic heterocycles. The van der Waals surface area contributed by atoms with Crippen molar-refractivity contribution in [3.63, 3.8) is 0 Å². The summed E-state index contributed by atoms with van der Waals surface area (Å²) in [5, 5.41) is 0. The molecule has 0 amide bonds. The molecule has 2 aromatic rings. The SMILES string of the molecule is Cc1nc2c(c(=O)n1C)CN(c1ncnc3c1CCCC3)CC2. The first kappa shape index (κ1) is 14.4. The lowest BCUT2D eigenvalue weighted by molar-refractivity contribution is 0.627. The van der Waals surface area contributed by atoms with Gasteiger partial charge in [0.25, 0.3) is 5.56 Å². The Hall–Kier alpha value is -2.24. The Kier molecular flexibility index (Phi) is 3.39. The van der Waals surface area contributed by atoms with E-state index >= 15 is 0 Å². The molecular formula is C17H21N5O. The van der Waals surface area contributed by atoms with Gasteiger partial charge in [0.2, 0.25) is 0 Å². The number of anilines is 1. The number of fused-ring (bicyclic) bond motifs is 2. The van der Waals surface area contributed by atoms with E-state index < -0.39 is 0 Å². The molecule has 0 aromatic carbocycles. The fraction of sp³-hybridized carbons (Fsp3) is 0.529. The van der Waals surface area contributed by atoms with Gasteiger partial charge in [-0.15, -0.1) is 0 Å². The van der Waals surface area contributed by atoms with Gasteiger partial charge in [-0.3, -0.25) is 9.36 Å². The van der Waals surface area contributed by atoms with Crippen LogP contribution < -0.4 is 10.5 Å². The number of rotatable bonds is 1. The first-order valence-electron chi connectivity index (χ1n) is 8.28. The van der Waals surface area contributed by atoms with Crippen LogP contribution in [0.2, 0.25) is 0 Å². The highest BCUT2D eigenvalue weighted by Crippen LogP contribution is 2.29. The van der Waals surface area contributed by atoms with Crippen LogP contribution in [0.25, 0.3) is 0 Å². The first-order valence-corrected chi connectivity index (χ1v) is 8.28. The van der Waals surface area contributed by atoms with Crippen molar-refractivity contribution < 1.29 is 0 Å². The van der Waals surface area contributed by atoms with Crippen LogP contribution in [0.4, 0.5) is 5.82 Å². The summed E-state index contributed by atoms with van der Waals surface area (Å²) in [6, 6.07) is 0. The van der Waals surface area contributed by atoms with E-state index in [1.807, 2.05) is 6.92 Å². The third-order valence-corrected chi connectivity index (χ3v) is 5.06. The monoisotopic (exact) mass is 311 g/mol. The molecule has 1 aliphatic carbocycles. The van der Waals surface area contributed by atoms with Crippen LogP contribution in [-0.4, -0.2) is 26.1 Å². The average molecular weight is 311 g/mol. The molecular weight excluding hydrogens is 290 g/mol. The summed E-state index contributed by atoms with van der Waals surface area (Å²) in [6.07, 6.45) is 6.94. The molecule has 0 radical (unpaired) electrons. The van der Waals surface area contributed by atoms with Gasteiger partial charge >= 0.3 is 0 Å². The molecule has 6 nitrogen and oxygen atoms in total. The molecule has 120 valence electrons. The van der Waals surface area contributed by atoms with Crippen LogP contribution in [-0.2, 0) is 32.9 Å². The Morgan fingerprint density at radius 3 is 2.74 bits per heavy atom. The van der Waals surface area contributed by atoms with E-state index in [2.05, 4.69) is 19.9 Å². The van der Waals surface area contributed by atoms with Crippen LogP contribution in [0.5, 0.6) is 0 Å². The minimum atomic E-state index is 0.0696. The van der Waals surface area contributed by atoms with Crippen LogP contribution >= 0.6 is 0 Å². The Bertz CT molecular complexity index is 826. The number of nitrogens with zero attached hydrogens (tertiary/aromatic N) is 5. The molecule has 0 saturated carbocycles. The third-order valence-electron chi connectivity index (χ3n) is 5.06. The minimum absolute atomic E-state index is 0.0696. The molecule has 2 aliphatic rings. The first-order chi connectivity index (χ1) is 11.1. The number of hydrogen-bond acceptors (Lipinski definition) is 5. The van der Waals surface area contributed by atoms with Crippen molar-refractivity contribution in [3.8, 4) is 0 Å². The zero-order valence-corrected chi connectivity index (χ0v) is 13.7. The molecule has 0 atom stereocenters. The second kappa shape index (κ2) is 5.44. The largest absolute Gasteiger partial charge is 0.351 e. The normalized spacial score (nSPS) is 16.9. The fourth-order valence-electron chi connectivity index (χ4n) is 3.64. The summed E-state index contributed by atoms with van der Waals surface area (Å²) in [5.74, 6) is 1.80. The van der Waals surface area contributed by atoms with Crippen LogP contribution in [0, 0.1) is 6.92 Å². The second-order valence-electron chi connectivity index (χ2n) is 6.45. The molecule has 4 rings (SSSR count). The Morgan fingerprint density at radius 2 is 1.87 bits per heavy atom. The number of aromatic nitrogens is 4. The second-order valence-corrected chi connectivity index (χ2v) is 6.45. The van der Waals surface area contributed by atoms with E-state index in [9.17, 15) is 4.79 Å². The van der Waals surface area contributed by atoms with E-state index in [1.54, 1.807) is 17.9 Å². The van der Waals surface area contributed by atoms with Gasteiger partial charge in [0.05, 0.1) is 17.8 Å². The molecule has 0 N–H and O–H groups in total. The number of aryl methyl sites for hydroxylation is 2. The van der Waals surface area contributed by atoms with Gasteiger partial charge in [-0.1, -0.05) is 0 Å². The molecule has 23 heavy (non-hydrogen) atoms. The Morgan fingerprint density at radius 1 is 1.04 bits per heavy atom. The maximum absolute atomic E-state index is 12.6. The zero-order valence-electron chi connectivity index (χ0n) is 13.7. The molecule has 3 heterocycles. The maximum Gasteiger partial charge on any atom is 0.258 e. The molecule has 6 heteroatoms. The Labute approximate surface area is 135 Å². The van der Waals surface area contributed by atoms with Gasteiger partial charge in [-0.05, 0) is 32.6 Å². The molecule has 0 bridgehead atoms. The molecule has 0 unspecified atom stereocenters. The van der Waals surface area contributed by atoms with E-state index in [1.165, 1.54) is 24.1 Å². The highest BCUT2D eigenvalue weighted by molar-refractivity contribution is 5.51. The van der Waals surface area contributed by atoms with E-state index in [0.29, 0.717) is 6.54 Å². The predicted octanol–water partition coefficient (Wildman–Crippen LogP) is 1.32. The molecule has 2 aromatic heterocycles. The summed E-state index contributed by atoms with van der Waals surface area (Å²) in [5.41, 5.74) is 4.29. The molecule has 0 spiro atoms. The summed E-state index contributed by atoms with van der Waals surface area (Å²) < 4.78 is 1.64. The van der Waals surface area contributed by atoms with Crippen molar-refractivity contribution in [2.24, 2.45) is 7.05 Å². The average Bonchev–Trinajstić information content (AvgIpc) is 2.59. The standard InChI is InChI=1S/C17H21N5O/c1-11-20-15-7-8-22(9-13(15)17(23)21(11)2)16-12-5-3-4-6-14(12)18-10-19-16/h10H,3-9H2,1-2H3. The summed E-state index contributed by atoms with van der Waals surface area (Å²) >= 11 is 0. The van der Waals surface area contributed by atoms with Gasteiger partial charge < -0.3 is 4.90 Å². The van der Waals surface area contributed by atoms with Gasteiger partial charge in [0, 0.05) is 31.3 Å². The minimum Gasteiger partial charge on any atom is -0.351 e. The van der Waals surface area contributed by atoms with Gasteiger partial charge in [-0.25, -0.2) is 15.0 Å². The Balaban J connectivity index is 1.74. The topological polar surface area (TPSA) is 63.9 Å². The lowest BCUT2D eigenvalue weighted by Gasteiger charge is -2.31. The van der Waals surface area contributed by atoms with Gasteiger partial charge in [0.15, 0.2) is 0 Å². The van der Waals surface area contributed by atoms with Crippen molar-refractivity contribution >= 4 is 5.82 Å². The van der Waals surface area contributed by atoms with Crippen LogP contribution in [0.1, 0.15) is 41.2 Å². The van der Waals surface area contributed by atoms with Crippen LogP contribution in [0.15, 0.2) is 11.1 Å². The van der Waals surface area contributed by atoms with E-state index in [-0.39, 0.29) is 5.56 Å². The summed E-state index contributed by atoms with van der Waals surface area (Å²) in [6.45, 7) is 3.34. The fourth-order valence-corrected chi connectivity index (χ4v) is 3.64. The quantitative estimate of drug-likeness (QED) is 0.795. The lowest BCUT2D eigenvalue weighted by Crippen LogP contribution is -2.39. The van der Waals surface area contributed by atoms with Gasteiger partial charge in [-0.2, -0.15) is 0 Å². The maximum atomic E-state index is 12.6. The van der Waals surface area contributed by atoms with Gasteiger partial charge in [0.1, 0.15) is 18.0 Å². The summed E-state index contributed by atoms with van der Waals surface area (Å²) in [7, 11) is 1.79. The van der Waals surface area contributed by atoms with E-state index in [0.717, 1.165) is 48.7 Å². The molecule has 0 fully saturated rings. The van der Waals surface area contributed by atoms with Crippen molar-refractivity contribution in [3.05, 3.63) is 45.0 Å². The zero-order chi connectivity index (χ0) is 16.0. The number of hydrogen-bond donors (Lipinski definition) is 0.